The van der Waals surface area contributed by atoms with Crippen molar-refractivity contribution in [2.75, 3.05) is 19.8 Å². The molecule has 0 heterocycles. The van der Waals surface area contributed by atoms with Crippen molar-refractivity contribution in [1.82, 2.24) is 0 Å². The number of alkyl halides is 1. The van der Waals surface area contributed by atoms with Crippen molar-refractivity contribution < 1.29 is 17.7 Å². The van der Waals surface area contributed by atoms with E-state index < -0.39 is 14.5 Å². The van der Waals surface area contributed by atoms with Crippen LogP contribution >= 0.6 is 0 Å². The van der Waals surface area contributed by atoms with Crippen molar-refractivity contribution in [3.63, 3.8) is 0 Å². The van der Waals surface area contributed by atoms with E-state index in [-0.39, 0.29) is 0 Å². The minimum Gasteiger partial charge on any atom is -0.374 e. The third-order valence-electron chi connectivity index (χ3n) is 9.53. The smallest absolute Gasteiger partial charge is 0.374 e. The van der Waals surface area contributed by atoms with Gasteiger partial charge in [0, 0.05) is 32.3 Å². The zero-order valence-corrected chi connectivity index (χ0v) is 31.5. The Hall–Kier alpha value is -2.05. The Morgan fingerprint density at radius 3 is 1.77 bits per heavy atom. The molecule has 1 aliphatic rings. The van der Waals surface area contributed by atoms with E-state index in [0.29, 0.717) is 32.7 Å². The van der Waals surface area contributed by atoms with Crippen LogP contribution < -0.4 is 0 Å². The molecule has 0 radical (unpaired) electrons. The number of benzene rings is 3. The average Bonchev–Trinajstić information content (AvgIpc) is 3.08. The lowest BCUT2D eigenvalue weighted by Gasteiger charge is -2.30. The summed E-state index contributed by atoms with van der Waals surface area (Å²) in [5.41, 5.74) is 0.763. The number of rotatable bonds is 22. The number of hydrogen-bond acceptors (Lipinski definition) is 3. The maximum absolute atomic E-state index is 16.0. The molecular formula is C42H65FO3Si. The Morgan fingerprint density at radius 1 is 0.596 bits per heavy atom. The molecule has 3 aromatic carbocycles. The first-order chi connectivity index (χ1) is 23.0. The van der Waals surface area contributed by atoms with Gasteiger partial charge in [0.15, 0.2) is 0 Å². The predicted molar refractivity (Wildman–Crippen MR) is 204 cm³/mol. The fourth-order valence-electron chi connectivity index (χ4n) is 7.05. The van der Waals surface area contributed by atoms with Gasteiger partial charge in [-0.3, -0.25) is 0 Å². The highest BCUT2D eigenvalue weighted by atomic mass is 28.4. The largest absolute Gasteiger partial charge is 0.500 e. The van der Waals surface area contributed by atoms with Gasteiger partial charge >= 0.3 is 8.80 Å². The third-order valence-corrected chi connectivity index (χ3v) is 12.7. The molecule has 0 aliphatic heterocycles. The molecule has 0 saturated carbocycles. The van der Waals surface area contributed by atoms with Gasteiger partial charge in [0.25, 0.3) is 0 Å². The molecule has 0 N–H and O–H groups in total. The monoisotopic (exact) mass is 664 g/mol. The molecule has 0 bridgehead atoms. The fourth-order valence-corrected chi connectivity index (χ4v) is 9.74. The molecule has 4 rings (SSSR count). The first kappa shape index (κ1) is 39.4. The van der Waals surface area contributed by atoms with Crippen molar-refractivity contribution >= 4 is 36.4 Å². The third kappa shape index (κ3) is 12.1. The maximum atomic E-state index is 16.0. The molecule has 0 saturated heterocycles. The Morgan fingerprint density at radius 2 is 1.15 bits per heavy atom. The van der Waals surface area contributed by atoms with E-state index >= 15 is 4.39 Å². The van der Waals surface area contributed by atoms with Crippen LogP contribution in [0.3, 0.4) is 0 Å². The summed E-state index contributed by atoms with van der Waals surface area (Å²) in [5.74, 6) is 0. The van der Waals surface area contributed by atoms with Crippen LogP contribution in [0.1, 0.15) is 148 Å². The van der Waals surface area contributed by atoms with Crippen LogP contribution in [0, 0.1) is 0 Å². The molecule has 5 heteroatoms. The molecule has 3 aromatic rings. The highest BCUT2D eigenvalue weighted by molar-refractivity contribution is 6.60. The molecular weight excluding hydrogens is 600 g/mol. The molecule has 3 nitrogen and oxygen atoms in total. The van der Waals surface area contributed by atoms with Gasteiger partial charge in [-0.25, -0.2) is 4.39 Å². The van der Waals surface area contributed by atoms with Gasteiger partial charge in [-0.05, 0) is 72.7 Å². The normalized spacial score (nSPS) is 16.0. The number of fused-ring (bicyclic) bond motifs is 5. The second kappa shape index (κ2) is 21.8. The van der Waals surface area contributed by atoms with Crippen LogP contribution in [0.4, 0.5) is 4.39 Å². The Balaban J connectivity index is 0.000000290. The van der Waals surface area contributed by atoms with Crippen LogP contribution in [-0.4, -0.2) is 28.6 Å². The first-order valence-electron chi connectivity index (χ1n) is 19.2. The van der Waals surface area contributed by atoms with Gasteiger partial charge in [-0.15, -0.1) is 0 Å². The number of hydrogen-bond donors (Lipinski definition) is 0. The lowest BCUT2D eigenvalue weighted by Crippen LogP contribution is -2.45. The average molecular weight is 665 g/mol. The lowest BCUT2D eigenvalue weighted by atomic mass is 9.79. The second-order valence-electron chi connectivity index (χ2n) is 13.2. The molecule has 47 heavy (non-hydrogen) atoms. The van der Waals surface area contributed by atoms with Crippen LogP contribution in [0.25, 0.3) is 27.6 Å². The summed E-state index contributed by atoms with van der Waals surface area (Å²) in [7, 11) is -2.36. The van der Waals surface area contributed by atoms with Gasteiger partial charge in [-0.2, -0.15) is 0 Å². The van der Waals surface area contributed by atoms with Gasteiger partial charge in [0.05, 0.1) is 0 Å². The number of allylic oxidation sites excluding steroid dienone is 1. The fraction of sp³-hybridized carbons (Fsp3) is 0.619. The summed E-state index contributed by atoms with van der Waals surface area (Å²) in [6, 6.07) is 18.0. The summed E-state index contributed by atoms with van der Waals surface area (Å²) in [4.78, 5) is 0. The van der Waals surface area contributed by atoms with E-state index in [9.17, 15) is 0 Å². The minimum atomic E-state index is -2.36. The Kier molecular flexibility index (Phi) is 18.3. The highest BCUT2D eigenvalue weighted by Crippen LogP contribution is 2.44. The SMILES string of the molecule is CCCCCCCCCCC1(F)CC=Cc2c1ccc1c2ccc2ccccc21.CCCCCCCC[Si](OCC)(OCC)OCC. The van der Waals surface area contributed by atoms with Crippen molar-refractivity contribution in [3.8, 4) is 0 Å². The van der Waals surface area contributed by atoms with Crippen molar-refractivity contribution in [1.29, 1.82) is 0 Å². The van der Waals surface area contributed by atoms with Gasteiger partial charge in [-0.1, -0.05) is 152 Å². The van der Waals surface area contributed by atoms with Crippen LogP contribution in [0.5, 0.6) is 0 Å². The van der Waals surface area contributed by atoms with E-state index in [1.165, 1.54) is 92.2 Å². The van der Waals surface area contributed by atoms with Gasteiger partial charge in [0.2, 0.25) is 0 Å². The summed E-state index contributed by atoms with van der Waals surface area (Å²) in [6.07, 6.45) is 23.1. The number of halogens is 1. The van der Waals surface area contributed by atoms with E-state index in [0.717, 1.165) is 36.4 Å². The molecule has 262 valence electrons. The summed E-state index contributed by atoms with van der Waals surface area (Å²) >= 11 is 0. The maximum Gasteiger partial charge on any atom is 0.500 e. The molecule has 0 spiro atoms. The predicted octanol–water partition coefficient (Wildman–Crippen LogP) is 13.5. The molecule has 1 unspecified atom stereocenters. The summed E-state index contributed by atoms with van der Waals surface area (Å²) in [6.45, 7) is 12.6. The zero-order valence-electron chi connectivity index (χ0n) is 30.5. The van der Waals surface area contributed by atoms with E-state index in [2.05, 4.69) is 68.5 Å². The molecule has 0 fully saturated rings. The summed E-state index contributed by atoms with van der Waals surface area (Å²) in [5, 5.41) is 4.89. The van der Waals surface area contributed by atoms with Crippen molar-refractivity contribution in [2.45, 2.75) is 149 Å². The van der Waals surface area contributed by atoms with Crippen molar-refractivity contribution in [3.05, 3.63) is 65.7 Å². The zero-order chi connectivity index (χ0) is 33.8. The van der Waals surface area contributed by atoms with Gasteiger partial charge in [0.1, 0.15) is 5.67 Å². The Bertz CT molecular complexity index is 1310. The van der Waals surface area contributed by atoms with E-state index in [1.807, 2.05) is 26.8 Å². The summed E-state index contributed by atoms with van der Waals surface area (Å²) < 4.78 is 33.5. The lowest BCUT2D eigenvalue weighted by molar-refractivity contribution is 0.0706. The first-order valence-corrected chi connectivity index (χ1v) is 21.1. The quantitative estimate of drug-likeness (QED) is 0.0608. The minimum absolute atomic E-state index is 0.510. The molecule has 1 aliphatic carbocycles. The number of unbranched alkanes of at least 4 members (excludes halogenated alkanes) is 12. The molecule has 0 aromatic heterocycles. The van der Waals surface area contributed by atoms with Gasteiger partial charge < -0.3 is 13.3 Å². The van der Waals surface area contributed by atoms with Crippen molar-refractivity contribution in [2.24, 2.45) is 0 Å². The van der Waals surface area contributed by atoms with Crippen LogP contribution in [0.15, 0.2) is 54.6 Å². The molecule has 1 atom stereocenters. The van der Waals surface area contributed by atoms with Crippen LogP contribution in [0.2, 0.25) is 6.04 Å². The van der Waals surface area contributed by atoms with Crippen LogP contribution in [-0.2, 0) is 18.9 Å². The second-order valence-corrected chi connectivity index (χ2v) is 15.9. The molecule has 0 amide bonds. The Labute approximate surface area is 288 Å². The topological polar surface area (TPSA) is 27.7 Å². The van der Waals surface area contributed by atoms with E-state index in [4.69, 9.17) is 13.3 Å². The van der Waals surface area contributed by atoms with E-state index in [1.54, 1.807) is 0 Å². The highest BCUT2D eigenvalue weighted by Gasteiger charge is 2.39. The standard InChI is InChI=1S/C28H33F.C14H32O3Si/c1-2-3-4-5-6-7-8-11-20-28(29)21-12-15-26-25-17-16-22-13-9-10-14-23(22)24(25)18-19-27(26)28;1-5-9-10-11-12-13-14-18(15-6-2,16-7-3)17-8-4/h9-10,12-19H,2-8,11,20-21H2,1H3;5-14H2,1-4H3.